The zero-order chi connectivity index (χ0) is 30.1. The van der Waals surface area contributed by atoms with Gasteiger partial charge in [0.25, 0.3) is 0 Å². The second-order valence-corrected chi connectivity index (χ2v) is 12.7. The van der Waals surface area contributed by atoms with Gasteiger partial charge in [-0.3, -0.25) is 14.5 Å². The number of hydrogen-bond acceptors (Lipinski definition) is 7. The lowest BCUT2D eigenvalue weighted by molar-refractivity contribution is 0.0258. The Labute approximate surface area is 253 Å². The molecule has 0 aliphatic carbocycles. The number of anilines is 1. The third-order valence-electron chi connectivity index (χ3n) is 7.42. The van der Waals surface area contributed by atoms with Crippen LogP contribution < -0.4 is 20.3 Å². The molecule has 0 aromatic heterocycles. The van der Waals surface area contributed by atoms with E-state index in [1.54, 1.807) is 24.3 Å². The van der Waals surface area contributed by atoms with Crippen LogP contribution in [0.5, 0.6) is 11.5 Å². The van der Waals surface area contributed by atoms with Crippen LogP contribution in [0.15, 0.2) is 90.8 Å². The number of carbonyl (C=O) groups excluding carboxylic acids is 1. The molecule has 2 aliphatic rings. The van der Waals surface area contributed by atoms with Crippen LogP contribution in [0.2, 0.25) is 0 Å². The monoisotopic (exact) mass is 605 g/mol. The number of nitrogens with zero attached hydrogens (tertiary/aromatic N) is 2. The molecule has 2 amide bonds. The van der Waals surface area contributed by atoms with Gasteiger partial charge in [0, 0.05) is 49.8 Å². The lowest BCUT2D eigenvalue weighted by Crippen LogP contribution is -2.50. The van der Waals surface area contributed by atoms with Gasteiger partial charge in [0.1, 0.15) is 11.5 Å². The minimum atomic E-state index is -3.32. The highest BCUT2D eigenvalue weighted by molar-refractivity contribution is 7.92. The highest BCUT2D eigenvalue weighted by Gasteiger charge is 2.28. The maximum Gasteiger partial charge on any atom is 0.341 e. The quantitative estimate of drug-likeness (QED) is 0.216. The van der Waals surface area contributed by atoms with Crippen LogP contribution in [0.3, 0.4) is 0 Å². The van der Waals surface area contributed by atoms with Crippen molar-refractivity contribution in [2.75, 3.05) is 30.6 Å². The Morgan fingerprint density at radius 1 is 0.953 bits per heavy atom. The Morgan fingerprint density at radius 2 is 1.60 bits per heavy atom. The summed E-state index contributed by atoms with van der Waals surface area (Å²) in [4.78, 5) is 23.1. The van der Waals surface area contributed by atoms with E-state index in [1.165, 1.54) is 11.3 Å². The SMILES string of the molecule is CS(=O)(=O)Nc1ccc(Oc2ccc(CN3CCC(N(CCCC4=CN4)C(=O)NOCc4ccccc4)CC3)cc2)cc1. The lowest BCUT2D eigenvalue weighted by Gasteiger charge is -2.38. The molecule has 1 fully saturated rings. The molecule has 10 nitrogen and oxygen atoms in total. The van der Waals surface area contributed by atoms with Crippen molar-refractivity contribution in [2.45, 2.75) is 44.9 Å². The Kier molecular flexibility index (Phi) is 10.2. The number of amides is 2. The summed E-state index contributed by atoms with van der Waals surface area (Å²) in [6, 6.07) is 24.6. The van der Waals surface area contributed by atoms with E-state index in [2.05, 4.69) is 32.6 Å². The number of rotatable bonds is 14. The first kappa shape index (κ1) is 30.4. The first-order valence-corrected chi connectivity index (χ1v) is 16.4. The molecule has 0 unspecified atom stereocenters. The van der Waals surface area contributed by atoms with Crippen LogP contribution >= 0.6 is 0 Å². The highest BCUT2D eigenvalue weighted by Crippen LogP contribution is 2.25. The topological polar surface area (TPSA) is 122 Å². The molecular formula is C32H39N5O5S. The Hall–Kier alpha value is -4.06. The first-order chi connectivity index (χ1) is 20.8. The van der Waals surface area contributed by atoms with E-state index in [9.17, 15) is 13.2 Å². The summed E-state index contributed by atoms with van der Waals surface area (Å²) in [6.45, 7) is 3.64. The highest BCUT2D eigenvalue weighted by atomic mass is 32.2. The van der Waals surface area contributed by atoms with E-state index in [-0.39, 0.29) is 12.1 Å². The molecule has 0 spiro atoms. The summed E-state index contributed by atoms with van der Waals surface area (Å²) in [7, 11) is -3.32. The Bertz CT molecular complexity index is 1470. The third-order valence-corrected chi connectivity index (χ3v) is 8.02. The van der Waals surface area contributed by atoms with Gasteiger partial charge in [0.2, 0.25) is 10.0 Å². The van der Waals surface area contributed by atoms with Gasteiger partial charge in [-0.25, -0.2) is 18.7 Å². The van der Waals surface area contributed by atoms with Crippen molar-refractivity contribution in [3.8, 4) is 11.5 Å². The van der Waals surface area contributed by atoms with Gasteiger partial charge >= 0.3 is 6.03 Å². The number of carbonyl (C=O) groups is 1. The van der Waals surface area contributed by atoms with Gasteiger partial charge in [-0.1, -0.05) is 42.5 Å². The molecule has 3 aromatic carbocycles. The molecule has 0 atom stereocenters. The van der Waals surface area contributed by atoms with Crippen LogP contribution in [-0.4, -0.2) is 56.2 Å². The maximum absolute atomic E-state index is 13.1. The normalized spacial score (nSPS) is 15.2. The van der Waals surface area contributed by atoms with Crippen molar-refractivity contribution >= 4 is 21.7 Å². The molecular weight excluding hydrogens is 566 g/mol. The van der Waals surface area contributed by atoms with Crippen LogP contribution in [0.1, 0.15) is 36.8 Å². The summed E-state index contributed by atoms with van der Waals surface area (Å²) >= 11 is 0. The number of benzene rings is 3. The standard InChI is InChI=1S/C32H39N5O5S/c1-43(39,40)35-27-11-15-31(16-12-27)42-30-13-9-25(10-14-30)23-36-20-17-29(18-21-36)37(19-5-8-28-22-33-28)32(38)34-41-24-26-6-3-2-4-7-26/h2-4,6-7,9-16,22,29,33,35H,5,8,17-21,23-24H2,1H3,(H,34,38). The van der Waals surface area contributed by atoms with E-state index >= 15 is 0 Å². The molecule has 0 saturated carbocycles. The number of piperidine rings is 1. The average Bonchev–Trinajstić information content (AvgIpc) is 3.82. The molecule has 3 aromatic rings. The predicted octanol–water partition coefficient (Wildman–Crippen LogP) is 5.18. The molecule has 11 heteroatoms. The molecule has 2 aliphatic heterocycles. The number of likely N-dealkylation sites (tertiary alicyclic amines) is 1. The summed E-state index contributed by atoms with van der Waals surface area (Å²) in [6.07, 6.45) is 6.77. The molecule has 0 radical (unpaired) electrons. The van der Waals surface area contributed by atoms with Crippen LogP contribution in [0.4, 0.5) is 10.5 Å². The van der Waals surface area contributed by atoms with E-state index in [0.717, 1.165) is 57.1 Å². The number of urea groups is 1. The summed E-state index contributed by atoms with van der Waals surface area (Å²) in [5.74, 6) is 1.33. The number of nitrogens with one attached hydrogen (secondary N) is 3. The van der Waals surface area contributed by atoms with Crippen molar-refractivity contribution in [1.29, 1.82) is 0 Å². The Balaban J connectivity index is 1.08. The van der Waals surface area contributed by atoms with Crippen molar-refractivity contribution < 1.29 is 22.8 Å². The van der Waals surface area contributed by atoms with E-state index in [4.69, 9.17) is 9.57 Å². The minimum absolute atomic E-state index is 0.160. The predicted molar refractivity (Wildman–Crippen MR) is 167 cm³/mol. The largest absolute Gasteiger partial charge is 0.457 e. The van der Waals surface area contributed by atoms with Crippen molar-refractivity contribution in [3.63, 3.8) is 0 Å². The van der Waals surface area contributed by atoms with Crippen molar-refractivity contribution in [3.05, 3.63) is 102 Å². The van der Waals surface area contributed by atoms with Gasteiger partial charge < -0.3 is 15.0 Å². The minimum Gasteiger partial charge on any atom is -0.457 e. The molecule has 2 heterocycles. The number of ether oxygens (including phenoxy) is 1. The smallest absolute Gasteiger partial charge is 0.341 e. The third kappa shape index (κ3) is 10.0. The fraction of sp³-hybridized carbons (Fsp3) is 0.344. The summed E-state index contributed by atoms with van der Waals surface area (Å²) < 4.78 is 31.1. The molecule has 5 rings (SSSR count). The second kappa shape index (κ2) is 14.4. The number of hydroxylamine groups is 1. The Morgan fingerprint density at radius 3 is 2.23 bits per heavy atom. The van der Waals surface area contributed by atoms with Gasteiger partial charge in [0.15, 0.2) is 0 Å². The average molecular weight is 606 g/mol. The van der Waals surface area contributed by atoms with Gasteiger partial charge in [-0.2, -0.15) is 0 Å². The molecule has 0 bridgehead atoms. The van der Waals surface area contributed by atoms with Crippen LogP contribution in [0, 0.1) is 0 Å². The summed E-state index contributed by atoms with van der Waals surface area (Å²) in [5, 5.41) is 3.14. The zero-order valence-corrected chi connectivity index (χ0v) is 25.2. The van der Waals surface area contributed by atoms with E-state index in [1.807, 2.05) is 53.6 Å². The first-order valence-electron chi connectivity index (χ1n) is 14.6. The van der Waals surface area contributed by atoms with Crippen molar-refractivity contribution in [2.24, 2.45) is 0 Å². The fourth-order valence-electron chi connectivity index (χ4n) is 5.15. The number of sulfonamides is 1. The second-order valence-electron chi connectivity index (χ2n) is 10.9. The lowest BCUT2D eigenvalue weighted by atomic mass is 10.0. The number of allylic oxidation sites excluding steroid dienone is 1. The van der Waals surface area contributed by atoms with Crippen molar-refractivity contribution in [1.82, 2.24) is 20.6 Å². The van der Waals surface area contributed by atoms with E-state index < -0.39 is 10.0 Å². The van der Waals surface area contributed by atoms with Crippen LogP contribution in [-0.2, 0) is 28.0 Å². The molecule has 1 saturated heterocycles. The molecule has 43 heavy (non-hydrogen) atoms. The van der Waals surface area contributed by atoms with Gasteiger partial charge in [-0.05, 0) is 73.2 Å². The number of hydrogen-bond donors (Lipinski definition) is 3. The maximum atomic E-state index is 13.1. The van der Waals surface area contributed by atoms with Gasteiger partial charge in [-0.15, -0.1) is 0 Å². The fourth-order valence-corrected chi connectivity index (χ4v) is 5.71. The summed E-state index contributed by atoms with van der Waals surface area (Å²) in [5.41, 5.74) is 6.60. The van der Waals surface area contributed by atoms with Gasteiger partial charge in [0.05, 0.1) is 12.9 Å². The zero-order valence-electron chi connectivity index (χ0n) is 24.4. The molecule has 3 N–H and O–H groups in total. The molecule has 228 valence electrons. The van der Waals surface area contributed by atoms with E-state index in [0.29, 0.717) is 30.3 Å². The van der Waals surface area contributed by atoms with Crippen LogP contribution in [0.25, 0.3) is 0 Å².